The second-order valence-corrected chi connectivity index (χ2v) is 6.54. The Morgan fingerprint density at radius 2 is 1.85 bits per heavy atom. The van der Waals surface area contributed by atoms with Crippen molar-refractivity contribution in [3.63, 3.8) is 0 Å². The van der Waals surface area contributed by atoms with Crippen LogP contribution in [-0.4, -0.2) is 36.1 Å². The molecule has 0 radical (unpaired) electrons. The standard InChI is InChI=1S/C20H22N2O5/c1-12-10-16(13(2)22(12)14-8-9-14)20(25)27-11-18(23)21-19(24)15-6-4-5-7-17(15)26-3/h4-7,10,14H,8-9,11H2,1-3H3,(H,21,23,24). The van der Waals surface area contributed by atoms with Crippen molar-refractivity contribution >= 4 is 17.8 Å². The highest BCUT2D eigenvalue weighted by molar-refractivity contribution is 6.07. The average Bonchev–Trinajstić information content (AvgIpc) is 3.44. The van der Waals surface area contributed by atoms with E-state index in [-0.39, 0.29) is 5.56 Å². The van der Waals surface area contributed by atoms with Gasteiger partial charge in [-0.3, -0.25) is 14.9 Å². The van der Waals surface area contributed by atoms with Crippen LogP contribution in [0.5, 0.6) is 5.75 Å². The molecule has 7 nitrogen and oxygen atoms in total. The van der Waals surface area contributed by atoms with Gasteiger partial charge in [-0.05, 0) is 44.9 Å². The average molecular weight is 370 g/mol. The summed E-state index contributed by atoms with van der Waals surface area (Å²) in [5, 5.41) is 2.20. The Morgan fingerprint density at radius 1 is 1.15 bits per heavy atom. The third kappa shape index (κ3) is 4.02. The number of carbonyl (C=O) groups is 3. The van der Waals surface area contributed by atoms with Crippen molar-refractivity contribution < 1.29 is 23.9 Å². The van der Waals surface area contributed by atoms with Gasteiger partial charge in [0.05, 0.1) is 18.2 Å². The van der Waals surface area contributed by atoms with E-state index in [0.717, 1.165) is 24.2 Å². The summed E-state index contributed by atoms with van der Waals surface area (Å²) in [7, 11) is 1.44. The smallest absolute Gasteiger partial charge is 0.340 e. The molecule has 1 aromatic carbocycles. The van der Waals surface area contributed by atoms with Crippen molar-refractivity contribution in [3.8, 4) is 5.75 Å². The van der Waals surface area contributed by atoms with E-state index in [1.807, 2.05) is 13.8 Å². The number of aromatic nitrogens is 1. The second-order valence-electron chi connectivity index (χ2n) is 6.54. The molecule has 0 atom stereocenters. The van der Waals surface area contributed by atoms with Gasteiger partial charge in [-0.1, -0.05) is 12.1 Å². The minimum absolute atomic E-state index is 0.229. The molecule has 7 heteroatoms. The van der Waals surface area contributed by atoms with Crippen LogP contribution in [0.15, 0.2) is 30.3 Å². The Hall–Kier alpha value is -3.09. The highest BCUT2D eigenvalue weighted by Gasteiger charge is 2.29. The van der Waals surface area contributed by atoms with E-state index >= 15 is 0 Å². The fraction of sp³-hybridized carbons (Fsp3) is 0.350. The van der Waals surface area contributed by atoms with Crippen LogP contribution in [0, 0.1) is 13.8 Å². The number of ether oxygens (including phenoxy) is 2. The topological polar surface area (TPSA) is 86.6 Å². The van der Waals surface area contributed by atoms with E-state index in [1.165, 1.54) is 7.11 Å². The molecule has 1 aliphatic carbocycles. The third-order valence-corrected chi connectivity index (χ3v) is 4.56. The first kappa shape index (κ1) is 18.7. The van der Waals surface area contributed by atoms with E-state index in [2.05, 4.69) is 9.88 Å². The first-order valence-electron chi connectivity index (χ1n) is 8.75. The number of nitrogens with zero attached hydrogens (tertiary/aromatic N) is 1. The first-order chi connectivity index (χ1) is 12.9. The summed E-state index contributed by atoms with van der Waals surface area (Å²) in [5.41, 5.74) is 2.51. The van der Waals surface area contributed by atoms with Gasteiger partial charge in [0.25, 0.3) is 11.8 Å². The molecule has 1 fully saturated rings. The predicted octanol–water partition coefficient (Wildman–Crippen LogP) is 2.56. The van der Waals surface area contributed by atoms with Gasteiger partial charge < -0.3 is 14.0 Å². The minimum atomic E-state index is -0.699. The second kappa shape index (κ2) is 7.65. The van der Waals surface area contributed by atoms with Gasteiger partial charge in [0.15, 0.2) is 6.61 Å². The molecular weight excluding hydrogens is 348 g/mol. The molecule has 2 amide bonds. The Labute approximate surface area is 157 Å². The summed E-state index contributed by atoms with van der Waals surface area (Å²) in [4.78, 5) is 36.5. The zero-order valence-corrected chi connectivity index (χ0v) is 15.6. The lowest BCUT2D eigenvalue weighted by molar-refractivity contribution is -0.123. The van der Waals surface area contributed by atoms with Crippen LogP contribution in [0.25, 0.3) is 0 Å². The number of imide groups is 1. The van der Waals surface area contributed by atoms with Crippen molar-refractivity contribution in [3.05, 3.63) is 52.8 Å². The molecule has 142 valence electrons. The lowest BCUT2D eigenvalue weighted by Crippen LogP contribution is -2.34. The van der Waals surface area contributed by atoms with Gasteiger partial charge in [-0.25, -0.2) is 4.79 Å². The molecule has 1 aliphatic rings. The normalized spacial score (nSPS) is 13.1. The molecular formula is C20H22N2O5. The maximum Gasteiger partial charge on any atom is 0.340 e. The Balaban J connectivity index is 1.58. The fourth-order valence-corrected chi connectivity index (χ4v) is 3.15. The van der Waals surface area contributed by atoms with Gasteiger partial charge in [0, 0.05) is 17.4 Å². The molecule has 3 rings (SSSR count). The molecule has 2 aromatic rings. The SMILES string of the molecule is COc1ccccc1C(=O)NC(=O)COC(=O)c1cc(C)n(C2CC2)c1C. The number of para-hydroxylation sites is 1. The Bertz CT molecular complexity index is 896. The number of hydrogen-bond donors (Lipinski definition) is 1. The summed E-state index contributed by atoms with van der Waals surface area (Å²) in [6.45, 7) is 3.28. The molecule has 1 aromatic heterocycles. The van der Waals surface area contributed by atoms with E-state index in [4.69, 9.17) is 9.47 Å². The first-order valence-corrected chi connectivity index (χ1v) is 8.75. The number of amides is 2. The minimum Gasteiger partial charge on any atom is -0.496 e. The predicted molar refractivity (Wildman–Crippen MR) is 97.9 cm³/mol. The highest BCUT2D eigenvalue weighted by atomic mass is 16.5. The summed E-state index contributed by atoms with van der Waals surface area (Å²) in [6, 6.07) is 8.77. The van der Waals surface area contributed by atoms with Crippen molar-refractivity contribution in [2.45, 2.75) is 32.7 Å². The molecule has 1 heterocycles. The largest absolute Gasteiger partial charge is 0.496 e. The number of methoxy groups -OCH3 is 1. The van der Waals surface area contributed by atoms with Gasteiger partial charge in [0.1, 0.15) is 5.75 Å². The van der Waals surface area contributed by atoms with Crippen LogP contribution in [0.2, 0.25) is 0 Å². The third-order valence-electron chi connectivity index (χ3n) is 4.56. The van der Waals surface area contributed by atoms with Crippen molar-refractivity contribution in [2.24, 2.45) is 0 Å². The van der Waals surface area contributed by atoms with Crippen LogP contribution >= 0.6 is 0 Å². The molecule has 0 unspecified atom stereocenters. The van der Waals surface area contributed by atoms with Crippen molar-refractivity contribution in [1.82, 2.24) is 9.88 Å². The lowest BCUT2D eigenvalue weighted by atomic mass is 10.2. The monoisotopic (exact) mass is 370 g/mol. The Kier molecular flexibility index (Phi) is 5.30. The van der Waals surface area contributed by atoms with Crippen LogP contribution in [0.1, 0.15) is 51.0 Å². The number of carbonyl (C=O) groups excluding carboxylic acids is 3. The number of aryl methyl sites for hydroxylation is 1. The van der Waals surface area contributed by atoms with Gasteiger partial charge in [-0.2, -0.15) is 0 Å². The fourth-order valence-electron chi connectivity index (χ4n) is 3.15. The molecule has 1 saturated carbocycles. The van der Waals surface area contributed by atoms with Gasteiger partial charge in [0.2, 0.25) is 0 Å². The van der Waals surface area contributed by atoms with Crippen LogP contribution < -0.4 is 10.1 Å². The van der Waals surface area contributed by atoms with Crippen molar-refractivity contribution in [1.29, 1.82) is 0 Å². The van der Waals surface area contributed by atoms with Crippen LogP contribution in [-0.2, 0) is 9.53 Å². The molecule has 0 saturated heterocycles. The highest BCUT2D eigenvalue weighted by Crippen LogP contribution is 2.38. The van der Waals surface area contributed by atoms with Crippen LogP contribution in [0.4, 0.5) is 0 Å². The van der Waals surface area contributed by atoms with E-state index in [1.54, 1.807) is 30.3 Å². The molecule has 0 spiro atoms. The summed E-state index contributed by atoms with van der Waals surface area (Å²) >= 11 is 0. The molecule has 0 aliphatic heterocycles. The quantitative estimate of drug-likeness (QED) is 0.790. The van der Waals surface area contributed by atoms with Gasteiger partial charge in [-0.15, -0.1) is 0 Å². The van der Waals surface area contributed by atoms with Gasteiger partial charge >= 0.3 is 5.97 Å². The molecule has 27 heavy (non-hydrogen) atoms. The Morgan fingerprint density at radius 3 is 2.52 bits per heavy atom. The molecule has 1 N–H and O–H groups in total. The number of esters is 1. The number of benzene rings is 1. The summed E-state index contributed by atoms with van der Waals surface area (Å²) in [5.74, 6) is -1.53. The summed E-state index contributed by atoms with van der Waals surface area (Å²) < 4.78 is 12.3. The van der Waals surface area contributed by atoms with Crippen LogP contribution in [0.3, 0.4) is 0 Å². The summed E-state index contributed by atoms with van der Waals surface area (Å²) in [6.07, 6.45) is 2.22. The maximum absolute atomic E-state index is 12.3. The number of rotatable bonds is 6. The van der Waals surface area contributed by atoms with Crippen molar-refractivity contribution in [2.75, 3.05) is 13.7 Å². The lowest BCUT2D eigenvalue weighted by Gasteiger charge is -2.09. The molecule has 0 bridgehead atoms. The zero-order chi connectivity index (χ0) is 19.6. The maximum atomic E-state index is 12.3. The number of hydrogen-bond acceptors (Lipinski definition) is 5. The zero-order valence-electron chi connectivity index (χ0n) is 15.6. The van der Waals surface area contributed by atoms with E-state index in [0.29, 0.717) is 17.4 Å². The number of nitrogens with one attached hydrogen (secondary N) is 1. The van der Waals surface area contributed by atoms with E-state index < -0.39 is 24.4 Å². The van der Waals surface area contributed by atoms with E-state index in [9.17, 15) is 14.4 Å².